The molecular weight excluding hydrogens is 362 g/mol. The van der Waals surface area contributed by atoms with E-state index in [-0.39, 0.29) is 46.7 Å². The maximum absolute atomic E-state index is 12.8. The van der Waals surface area contributed by atoms with Gasteiger partial charge in [0.2, 0.25) is 5.43 Å². The van der Waals surface area contributed by atoms with Crippen LogP contribution < -0.4 is 19.6 Å². The Balaban J connectivity index is 2.07. The highest BCUT2D eigenvalue weighted by Gasteiger charge is 2.16. The molecule has 142 valence electrons. The second-order valence-corrected chi connectivity index (χ2v) is 5.36. The monoisotopic (exact) mass is 377 g/mol. The van der Waals surface area contributed by atoms with E-state index in [9.17, 15) is 20.0 Å². The summed E-state index contributed by atoms with van der Waals surface area (Å²) in [5.41, 5.74) is -0.128. The Labute approximate surface area is 151 Å². The smallest absolute Gasteiger partial charge is 0.294 e. The summed E-state index contributed by atoms with van der Waals surface area (Å²) in [6, 6.07) is 5.60. The van der Waals surface area contributed by atoms with Gasteiger partial charge in [-0.15, -0.1) is 10.1 Å². The molecule has 0 atom stereocenters. The number of methoxy groups -OCH3 is 2. The molecule has 10 heteroatoms. The zero-order valence-corrected chi connectivity index (χ0v) is 14.4. The molecule has 0 bridgehead atoms. The quantitative estimate of drug-likeness (QED) is 0.285. The minimum atomic E-state index is -0.936. The van der Waals surface area contributed by atoms with Gasteiger partial charge in [0.05, 0.1) is 19.6 Å². The Morgan fingerprint density at radius 2 is 1.78 bits per heavy atom. The number of hydrogen-bond acceptors (Lipinski definition) is 9. The summed E-state index contributed by atoms with van der Waals surface area (Å²) in [4.78, 5) is 27.0. The van der Waals surface area contributed by atoms with Crippen LogP contribution in [0.15, 0.2) is 33.5 Å². The van der Waals surface area contributed by atoms with E-state index in [4.69, 9.17) is 18.6 Å². The van der Waals surface area contributed by atoms with Gasteiger partial charge in [0.15, 0.2) is 11.5 Å². The van der Waals surface area contributed by atoms with E-state index >= 15 is 0 Å². The molecule has 1 N–H and O–H groups in total. The van der Waals surface area contributed by atoms with E-state index in [2.05, 4.69) is 4.84 Å². The van der Waals surface area contributed by atoms with Crippen LogP contribution in [0.25, 0.3) is 21.9 Å². The Kier molecular flexibility index (Phi) is 4.88. The molecule has 0 spiro atoms. The summed E-state index contributed by atoms with van der Waals surface area (Å²) in [5, 5.41) is 19.6. The van der Waals surface area contributed by atoms with Crippen molar-refractivity contribution in [1.29, 1.82) is 0 Å². The summed E-state index contributed by atoms with van der Waals surface area (Å²) in [7, 11) is 2.89. The second-order valence-electron chi connectivity index (χ2n) is 5.36. The van der Waals surface area contributed by atoms with E-state index < -0.39 is 10.5 Å². The van der Waals surface area contributed by atoms with Gasteiger partial charge in [0.25, 0.3) is 5.09 Å². The Morgan fingerprint density at radius 1 is 1.07 bits per heavy atom. The average Bonchev–Trinajstić information content (AvgIpc) is 2.63. The molecule has 3 aromatic rings. The lowest BCUT2D eigenvalue weighted by molar-refractivity contribution is -0.757. The normalized spacial score (nSPS) is 10.7. The lowest BCUT2D eigenvalue weighted by Gasteiger charge is -2.11. The molecule has 0 unspecified atom stereocenters. The van der Waals surface area contributed by atoms with Crippen LogP contribution in [0, 0.1) is 10.1 Å². The molecule has 0 radical (unpaired) electrons. The molecule has 10 nitrogen and oxygen atoms in total. The van der Waals surface area contributed by atoms with Crippen LogP contribution in [-0.2, 0) is 4.84 Å². The van der Waals surface area contributed by atoms with Crippen LogP contribution in [0.1, 0.15) is 0 Å². The molecule has 3 rings (SSSR count). The first-order valence-corrected chi connectivity index (χ1v) is 7.70. The molecule has 0 amide bonds. The van der Waals surface area contributed by atoms with Crippen LogP contribution >= 0.6 is 0 Å². The Morgan fingerprint density at radius 3 is 2.44 bits per heavy atom. The van der Waals surface area contributed by atoms with Crippen molar-refractivity contribution in [3.05, 3.63) is 44.6 Å². The topological polar surface area (TPSA) is 130 Å². The minimum absolute atomic E-state index is 0.0244. The van der Waals surface area contributed by atoms with Crippen molar-refractivity contribution in [2.75, 3.05) is 27.4 Å². The number of ether oxygens (including phenoxy) is 3. The number of aromatic hydroxyl groups is 1. The maximum Gasteiger partial charge on any atom is 0.294 e. The van der Waals surface area contributed by atoms with Crippen LogP contribution in [-0.4, -0.2) is 37.6 Å². The molecule has 0 aliphatic rings. The molecule has 27 heavy (non-hydrogen) atoms. The maximum atomic E-state index is 12.8. The fraction of sp³-hybridized carbons (Fsp3) is 0.235. The van der Waals surface area contributed by atoms with Crippen molar-refractivity contribution in [2.45, 2.75) is 0 Å². The molecule has 1 aromatic heterocycles. The van der Waals surface area contributed by atoms with E-state index in [1.165, 1.54) is 38.5 Å². The van der Waals surface area contributed by atoms with Crippen LogP contribution in [0.5, 0.6) is 23.0 Å². The number of rotatable bonds is 7. The predicted molar refractivity (Wildman–Crippen MR) is 93.2 cm³/mol. The van der Waals surface area contributed by atoms with E-state index in [1.54, 1.807) is 0 Å². The molecule has 0 fully saturated rings. The third kappa shape index (κ3) is 3.50. The molecular formula is C17H15NO9. The van der Waals surface area contributed by atoms with Gasteiger partial charge < -0.3 is 28.6 Å². The van der Waals surface area contributed by atoms with Crippen molar-refractivity contribution in [3.63, 3.8) is 0 Å². The van der Waals surface area contributed by atoms with Gasteiger partial charge in [-0.25, -0.2) is 0 Å². The molecule has 2 aromatic carbocycles. The molecule has 0 aliphatic heterocycles. The first-order valence-electron chi connectivity index (χ1n) is 7.70. The fourth-order valence-electron chi connectivity index (χ4n) is 2.61. The first-order chi connectivity index (χ1) is 12.9. The molecule has 0 aliphatic carbocycles. The summed E-state index contributed by atoms with van der Waals surface area (Å²) < 4.78 is 21.4. The number of benzene rings is 2. The number of fused-ring (bicyclic) bond motifs is 2. The van der Waals surface area contributed by atoms with Gasteiger partial charge in [-0.3, -0.25) is 4.79 Å². The first kappa shape index (κ1) is 18.1. The van der Waals surface area contributed by atoms with Crippen LogP contribution in [0.2, 0.25) is 0 Å². The van der Waals surface area contributed by atoms with Crippen LogP contribution in [0.3, 0.4) is 0 Å². The zero-order chi connectivity index (χ0) is 19.6. The van der Waals surface area contributed by atoms with Gasteiger partial charge in [-0.05, 0) is 6.07 Å². The van der Waals surface area contributed by atoms with Gasteiger partial charge >= 0.3 is 0 Å². The highest BCUT2D eigenvalue weighted by molar-refractivity contribution is 5.94. The van der Waals surface area contributed by atoms with Gasteiger partial charge in [-0.2, -0.15) is 0 Å². The zero-order valence-electron chi connectivity index (χ0n) is 14.4. The lowest BCUT2D eigenvalue weighted by Crippen LogP contribution is -2.10. The van der Waals surface area contributed by atoms with Gasteiger partial charge in [-0.1, -0.05) is 0 Å². The number of phenols is 1. The van der Waals surface area contributed by atoms with Gasteiger partial charge in [0.1, 0.15) is 41.3 Å². The van der Waals surface area contributed by atoms with Crippen molar-refractivity contribution < 1.29 is 33.7 Å². The minimum Gasteiger partial charge on any atom is -0.507 e. The van der Waals surface area contributed by atoms with E-state index in [0.717, 1.165) is 0 Å². The van der Waals surface area contributed by atoms with E-state index in [1.807, 2.05) is 0 Å². The fourth-order valence-corrected chi connectivity index (χ4v) is 2.61. The van der Waals surface area contributed by atoms with Crippen molar-refractivity contribution in [3.8, 4) is 23.0 Å². The summed E-state index contributed by atoms with van der Waals surface area (Å²) >= 11 is 0. The molecule has 1 heterocycles. The Hall–Kier alpha value is -3.69. The third-order valence-corrected chi connectivity index (χ3v) is 3.78. The third-order valence-electron chi connectivity index (χ3n) is 3.78. The predicted octanol–water partition coefficient (Wildman–Crippen LogP) is 2.26. The standard InChI is InChI=1S/C17H15NO9/c1-23-13-7-10-12(8-14(13)24-2)27-15-6-9(25-3-4-26-18(21)22)5-11(19)16(15)17(10)20/h5-8,19H,3-4H2,1-2H3. The summed E-state index contributed by atoms with van der Waals surface area (Å²) in [6.07, 6.45) is 0. The number of nitrogens with zero attached hydrogens (tertiary/aromatic N) is 1. The highest BCUT2D eigenvalue weighted by atomic mass is 17.0. The van der Waals surface area contributed by atoms with Crippen molar-refractivity contribution in [1.82, 2.24) is 0 Å². The van der Waals surface area contributed by atoms with Gasteiger partial charge in [0, 0.05) is 18.2 Å². The summed E-state index contributed by atoms with van der Waals surface area (Å²) in [6.45, 7) is -0.417. The average molecular weight is 377 g/mol. The Bertz CT molecular complexity index is 1070. The second kappa shape index (κ2) is 7.28. The number of phenolic OH excluding ortho intramolecular Hbond substituents is 1. The molecule has 0 saturated carbocycles. The van der Waals surface area contributed by atoms with E-state index in [0.29, 0.717) is 11.5 Å². The van der Waals surface area contributed by atoms with Crippen LogP contribution in [0.4, 0.5) is 0 Å². The lowest BCUT2D eigenvalue weighted by atomic mass is 10.1. The summed E-state index contributed by atoms with van der Waals surface area (Å²) in [5.74, 6) is 0.543. The SMILES string of the molecule is COc1cc2oc3cc(OCCO[N+](=O)[O-])cc(O)c3c(=O)c2cc1OC. The molecule has 0 saturated heterocycles. The highest BCUT2D eigenvalue weighted by Crippen LogP contribution is 2.35. The van der Waals surface area contributed by atoms with Crippen molar-refractivity contribution in [2.24, 2.45) is 0 Å². The van der Waals surface area contributed by atoms with Crippen molar-refractivity contribution >= 4 is 21.9 Å². The largest absolute Gasteiger partial charge is 0.507 e. The number of hydrogen-bond donors (Lipinski definition) is 1.